The van der Waals surface area contributed by atoms with Gasteiger partial charge in [0.15, 0.2) is 0 Å². The molecule has 0 unspecified atom stereocenters. The van der Waals surface area contributed by atoms with Crippen LogP contribution in [0.3, 0.4) is 0 Å². The molecule has 0 amide bonds. The molecule has 1 fully saturated rings. The molecule has 1 N–H and O–H groups in total. The zero-order valence-corrected chi connectivity index (χ0v) is 9.07. The van der Waals surface area contributed by atoms with Crippen molar-refractivity contribution in [3.63, 3.8) is 0 Å². The summed E-state index contributed by atoms with van der Waals surface area (Å²) in [5, 5.41) is 8.62. The van der Waals surface area contributed by atoms with Crippen LogP contribution in [0.25, 0.3) is 0 Å². The minimum Gasteiger partial charge on any atom is -0.480 e. The lowest BCUT2D eigenvalue weighted by Gasteiger charge is -2.34. The zero-order valence-electron chi connectivity index (χ0n) is 9.07. The van der Waals surface area contributed by atoms with Crippen molar-refractivity contribution in [3.8, 4) is 0 Å². The molecule has 82 valence electrons. The summed E-state index contributed by atoms with van der Waals surface area (Å²) in [5.74, 6) is -0.744. The third kappa shape index (κ3) is 3.64. The Kier molecular flexibility index (Phi) is 4.35. The lowest BCUT2D eigenvalue weighted by Crippen LogP contribution is -2.44. The topological polar surface area (TPSA) is 43.8 Å². The Hall–Kier alpha value is -0.610. The van der Waals surface area contributed by atoms with Crippen LogP contribution < -0.4 is 0 Å². The smallest absolute Gasteiger partial charge is 0.317 e. The fourth-order valence-corrected chi connectivity index (χ4v) is 2.03. The lowest BCUT2D eigenvalue weighted by atomic mass is 10.0. The molecule has 0 saturated carbocycles. The van der Waals surface area contributed by atoms with E-state index in [4.69, 9.17) is 5.11 Å². The van der Waals surface area contributed by atoms with Crippen molar-refractivity contribution >= 4 is 5.97 Å². The Morgan fingerprint density at radius 3 is 2.86 bits per heavy atom. The summed E-state index contributed by atoms with van der Waals surface area (Å²) in [6.07, 6.45) is 3.74. The Balaban J connectivity index is 2.30. The lowest BCUT2D eigenvalue weighted by molar-refractivity contribution is -0.138. The van der Waals surface area contributed by atoms with Crippen LogP contribution in [-0.2, 0) is 4.79 Å². The number of carboxylic acid groups (broad SMARTS) is 1. The number of carboxylic acids is 1. The van der Waals surface area contributed by atoms with Gasteiger partial charge in [-0.2, -0.15) is 0 Å². The third-order valence-corrected chi connectivity index (χ3v) is 2.85. The average molecular weight is 200 g/mol. The Bertz CT molecular complexity index is 197. The highest BCUT2D eigenvalue weighted by Crippen LogP contribution is 2.15. The van der Waals surface area contributed by atoms with E-state index in [-0.39, 0.29) is 6.54 Å². The molecule has 0 aromatic rings. The predicted octanol–water partition coefficient (Wildman–Crippen LogP) is 0.487. The van der Waals surface area contributed by atoms with Gasteiger partial charge in [0.1, 0.15) is 0 Å². The van der Waals surface area contributed by atoms with E-state index in [0.717, 1.165) is 13.1 Å². The van der Waals surface area contributed by atoms with Crippen LogP contribution in [0.1, 0.15) is 19.3 Å². The van der Waals surface area contributed by atoms with E-state index < -0.39 is 5.97 Å². The van der Waals surface area contributed by atoms with Crippen LogP contribution in [0.2, 0.25) is 0 Å². The predicted molar refractivity (Wildman–Crippen MR) is 55.4 cm³/mol. The summed E-state index contributed by atoms with van der Waals surface area (Å²) >= 11 is 0. The molecule has 0 aromatic heterocycles. The number of carbonyl (C=O) groups is 1. The number of piperidine rings is 1. The molecule has 14 heavy (non-hydrogen) atoms. The van der Waals surface area contributed by atoms with Crippen molar-refractivity contribution < 1.29 is 9.90 Å². The van der Waals surface area contributed by atoms with Gasteiger partial charge in [0.2, 0.25) is 0 Å². The van der Waals surface area contributed by atoms with Crippen LogP contribution in [0.4, 0.5) is 0 Å². The van der Waals surface area contributed by atoms with Gasteiger partial charge in [0.05, 0.1) is 6.54 Å². The van der Waals surface area contributed by atoms with E-state index in [1.54, 1.807) is 0 Å². The number of likely N-dealkylation sites (tertiary alicyclic amines) is 1. The number of nitrogens with zero attached hydrogens (tertiary/aromatic N) is 2. The molecule has 4 nitrogen and oxygen atoms in total. The molecule has 0 spiro atoms. The first-order valence-corrected chi connectivity index (χ1v) is 5.20. The van der Waals surface area contributed by atoms with Crippen molar-refractivity contribution in [3.05, 3.63) is 0 Å². The first kappa shape index (κ1) is 11.5. The highest BCUT2D eigenvalue weighted by molar-refractivity contribution is 5.69. The van der Waals surface area contributed by atoms with E-state index in [2.05, 4.69) is 11.9 Å². The summed E-state index contributed by atoms with van der Waals surface area (Å²) in [5.41, 5.74) is 0. The van der Waals surface area contributed by atoms with Gasteiger partial charge >= 0.3 is 5.97 Å². The van der Waals surface area contributed by atoms with E-state index >= 15 is 0 Å². The van der Waals surface area contributed by atoms with Gasteiger partial charge in [0, 0.05) is 12.6 Å². The fourth-order valence-electron chi connectivity index (χ4n) is 2.03. The number of aliphatic carboxylic acids is 1. The van der Waals surface area contributed by atoms with Gasteiger partial charge in [-0.15, -0.1) is 0 Å². The molecular formula is C10H20N2O2. The van der Waals surface area contributed by atoms with Crippen molar-refractivity contribution in [1.82, 2.24) is 9.80 Å². The average Bonchev–Trinajstić information content (AvgIpc) is 2.07. The largest absolute Gasteiger partial charge is 0.480 e. The summed E-state index contributed by atoms with van der Waals surface area (Å²) in [4.78, 5) is 14.7. The maximum atomic E-state index is 10.5. The molecule has 4 heteroatoms. The van der Waals surface area contributed by atoms with Crippen LogP contribution in [0.5, 0.6) is 0 Å². The van der Waals surface area contributed by atoms with E-state index in [0.29, 0.717) is 6.04 Å². The van der Waals surface area contributed by atoms with Gasteiger partial charge < -0.3 is 10.0 Å². The van der Waals surface area contributed by atoms with Crippen molar-refractivity contribution in [2.45, 2.75) is 25.3 Å². The highest BCUT2D eigenvalue weighted by Gasteiger charge is 2.20. The van der Waals surface area contributed by atoms with Gasteiger partial charge in [0.25, 0.3) is 0 Å². The molecule has 0 bridgehead atoms. The second-order valence-corrected chi connectivity index (χ2v) is 4.22. The van der Waals surface area contributed by atoms with Crippen LogP contribution in [0.15, 0.2) is 0 Å². The fraction of sp³-hybridized carbons (Fsp3) is 0.900. The number of hydrogen-bond acceptors (Lipinski definition) is 3. The molecule has 1 atom stereocenters. The van der Waals surface area contributed by atoms with Gasteiger partial charge in [-0.05, 0) is 33.5 Å². The molecular weight excluding hydrogens is 180 g/mol. The number of hydrogen-bond donors (Lipinski definition) is 1. The Morgan fingerprint density at radius 1 is 1.57 bits per heavy atom. The van der Waals surface area contributed by atoms with E-state index in [9.17, 15) is 4.79 Å². The van der Waals surface area contributed by atoms with Crippen molar-refractivity contribution in [2.75, 3.05) is 33.7 Å². The summed E-state index contributed by atoms with van der Waals surface area (Å²) in [6, 6.07) is 0.535. The zero-order chi connectivity index (χ0) is 10.6. The molecule has 0 radical (unpaired) electrons. The first-order chi connectivity index (χ1) is 6.59. The molecule has 1 heterocycles. The monoisotopic (exact) mass is 200 g/mol. The summed E-state index contributed by atoms with van der Waals surface area (Å²) < 4.78 is 0. The van der Waals surface area contributed by atoms with Crippen molar-refractivity contribution in [1.29, 1.82) is 0 Å². The molecule has 1 aliphatic rings. The quantitative estimate of drug-likeness (QED) is 0.717. The van der Waals surface area contributed by atoms with Crippen LogP contribution in [0, 0.1) is 0 Å². The van der Waals surface area contributed by atoms with Gasteiger partial charge in [-0.25, -0.2) is 0 Å². The summed E-state index contributed by atoms with van der Waals surface area (Å²) in [6.45, 7) is 2.15. The Morgan fingerprint density at radius 2 is 2.29 bits per heavy atom. The molecule has 0 aromatic carbocycles. The highest BCUT2D eigenvalue weighted by atomic mass is 16.4. The summed E-state index contributed by atoms with van der Waals surface area (Å²) in [7, 11) is 4.00. The van der Waals surface area contributed by atoms with Gasteiger partial charge in [-0.3, -0.25) is 9.69 Å². The minimum absolute atomic E-state index is 0.143. The maximum absolute atomic E-state index is 10.5. The second-order valence-electron chi connectivity index (χ2n) is 4.22. The first-order valence-electron chi connectivity index (χ1n) is 5.20. The standard InChI is InChI=1S/C10H20N2O2/c1-11(8-10(13)14)7-9-5-3-4-6-12(9)2/h9H,3-8H2,1-2H3,(H,13,14)/t9-/m1/s1. The molecule has 1 rings (SSSR count). The van der Waals surface area contributed by atoms with E-state index in [1.165, 1.54) is 19.3 Å². The van der Waals surface area contributed by atoms with E-state index in [1.807, 2.05) is 11.9 Å². The third-order valence-electron chi connectivity index (χ3n) is 2.85. The number of likely N-dealkylation sites (N-methyl/N-ethyl adjacent to an activating group) is 2. The molecule has 1 aliphatic heterocycles. The number of rotatable bonds is 4. The normalized spacial score (nSPS) is 24.1. The molecule has 1 saturated heterocycles. The second kappa shape index (κ2) is 5.32. The minimum atomic E-state index is -0.744. The van der Waals surface area contributed by atoms with Crippen LogP contribution >= 0.6 is 0 Å². The van der Waals surface area contributed by atoms with Crippen molar-refractivity contribution in [2.24, 2.45) is 0 Å². The van der Waals surface area contributed by atoms with Crippen LogP contribution in [-0.4, -0.2) is 60.6 Å². The molecule has 0 aliphatic carbocycles. The van der Waals surface area contributed by atoms with Gasteiger partial charge in [-0.1, -0.05) is 6.42 Å². The Labute approximate surface area is 85.5 Å². The maximum Gasteiger partial charge on any atom is 0.317 e. The SMILES string of the molecule is CN(CC(=O)O)C[C@H]1CCCCN1C.